The summed E-state index contributed by atoms with van der Waals surface area (Å²) in [6.07, 6.45) is 44.3. The highest BCUT2D eigenvalue weighted by atomic mass is 16.3. The minimum atomic E-state index is -0.423. The predicted octanol–water partition coefficient (Wildman–Crippen LogP) is 13.3. The van der Waals surface area contributed by atoms with Crippen LogP contribution in [0.4, 0.5) is 0 Å². The van der Waals surface area contributed by atoms with Crippen molar-refractivity contribution in [2.45, 2.75) is 232 Å². The summed E-state index contributed by atoms with van der Waals surface area (Å²) >= 11 is 0. The van der Waals surface area contributed by atoms with Crippen LogP contribution in [0.25, 0.3) is 0 Å². The zero-order valence-electron chi connectivity index (χ0n) is 26.6. The second-order valence-electron chi connectivity index (χ2n) is 12.9. The van der Waals surface area contributed by atoms with E-state index in [4.69, 9.17) is 0 Å². The minimum absolute atomic E-state index is 0.423. The lowest BCUT2D eigenvalue weighted by Crippen LogP contribution is -2.23. The Hall–Kier alpha value is -0.0400. The van der Waals surface area contributed by atoms with Crippen LogP contribution in [-0.4, -0.2) is 10.7 Å². The molecule has 0 aromatic rings. The highest BCUT2D eigenvalue weighted by Crippen LogP contribution is 2.23. The van der Waals surface area contributed by atoms with E-state index in [1.54, 1.807) is 0 Å². The topological polar surface area (TPSA) is 20.2 Å². The molecule has 0 bridgehead atoms. The Bertz CT molecular complexity index is 401. The van der Waals surface area contributed by atoms with Gasteiger partial charge in [0.2, 0.25) is 0 Å². The first-order valence-electron chi connectivity index (χ1n) is 17.8. The van der Waals surface area contributed by atoms with Gasteiger partial charge in [-0.05, 0) is 19.8 Å². The standard InChI is InChI=1S/C36H74O/c1-4-6-8-10-12-14-16-18-20-21-23-25-27-29-31-33-35-36(3,37)34-32-30-28-26-24-22-19-17-15-13-11-9-7-5-2/h37H,4-35H2,1-3H3. The molecule has 0 aromatic heterocycles. The summed E-state index contributed by atoms with van der Waals surface area (Å²) in [6.45, 7) is 6.68. The first kappa shape index (κ1) is 37.0. The van der Waals surface area contributed by atoms with Crippen molar-refractivity contribution in [1.82, 2.24) is 0 Å². The van der Waals surface area contributed by atoms with E-state index in [1.165, 1.54) is 193 Å². The average molecular weight is 523 g/mol. The van der Waals surface area contributed by atoms with Crippen molar-refractivity contribution in [3.05, 3.63) is 0 Å². The van der Waals surface area contributed by atoms with Crippen molar-refractivity contribution in [2.75, 3.05) is 0 Å². The SMILES string of the molecule is CCCCCCCCCCCCCCCCCCC(C)(O)CCCCCCCCCCCCCCCC. The fraction of sp³-hybridized carbons (Fsp3) is 1.00. The Kier molecular flexibility index (Phi) is 30.5. The van der Waals surface area contributed by atoms with Gasteiger partial charge in [-0.2, -0.15) is 0 Å². The van der Waals surface area contributed by atoms with Crippen LogP contribution in [0.15, 0.2) is 0 Å². The molecule has 0 aromatic carbocycles. The molecule has 1 atom stereocenters. The van der Waals surface area contributed by atoms with Crippen LogP contribution in [-0.2, 0) is 0 Å². The highest BCUT2D eigenvalue weighted by Gasteiger charge is 2.18. The van der Waals surface area contributed by atoms with E-state index in [0.717, 1.165) is 12.8 Å². The van der Waals surface area contributed by atoms with Gasteiger partial charge in [0.25, 0.3) is 0 Å². The third-order valence-electron chi connectivity index (χ3n) is 8.64. The summed E-state index contributed by atoms with van der Waals surface area (Å²) in [7, 11) is 0. The van der Waals surface area contributed by atoms with Gasteiger partial charge in [-0.3, -0.25) is 0 Å². The Morgan fingerprint density at radius 2 is 0.459 bits per heavy atom. The number of unbranched alkanes of at least 4 members (excludes halogenated alkanes) is 28. The molecule has 0 rings (SSSR count). The maximum atomic E-state index is 10.7. The van der Waals surface area contributed by atoms with E-state index in [1.807, 2.05) is 0 Å². The monoisotopic (exact) mass is 523 g/mol. The lowest BCUT2D eigenvalue weighted by atomic mass is 9.91. The zero-order valence-corrected chi connectivity index (χ0v) is 26.6. The first-order valence-corrected chi connectivity index (χ1v) is 17.8. The summed E-state index contributed by atoms with van der Waals surface area (Å²) in [5.41, 5.74) is -0.423. The Balaban J connectivity index is 3.27. The molecule has 0 aliphatic heterocycles. The van der Waals surface area contributed by atoms with Crippen LogP contribution in [0.2, 0.25) is 0 Å². The molecule has 224 valence electrons. The molecule has 1 nitrogen and oxygen atoms in total. The number of hydrogen-bond donors (Lipinski definition) is 1. The maximum absolute atomic E-state index is 10.7. The molecule has 1 heteroatoms. The first-order chi connectivity index (χ1) is 18.1. The Morgan fingerprint density at radius 1 is 0.297 bits per heavy atom. The molecule has 0 fully saturated rings. The molecule has 0 spiro atoms. The smallest absolute Gasteiger partial charge is 0.0619 e. The van der Waals surface area contributed by atoms with Crippen molar-refractivity contribution in [3.63, 3.8) is 0 Å². The molecule has 0 aliphatic carbocycles. The van der Waals surface area contributed by atoms with Crippen LogP contribution >= 0.6 is 0 Å². The lowest BCUT2D eigenvalue weighted by molar-refractivity contribution is 0.0366. The molecular weight excluding hydrogens is 448 g/mol. The summed E-state index contributed by atoms with van der Waals surface area (Å²) in [5, 5.41) is 10.7. The lowest BCUT2D eigenvalue weighted by Gasteiger charge is -2.23. The zero-order chi connectivity index (χ0) is 27.1. The molecule has 37 heavy (non-hydrogen) atoms. The second-order valence-corrected chi connectivity index (χ2v) is 12.9. The van der Waals surface area contributed by atoms with Crippen molar-refractivity contribution in [2.24, 2.45) is 0 Å². The molecule has 0 saturated heterocycles. The summed E-state index contributed by atoms with van der Waals surface area (Å²) < 4.78 is 0. The van der Waals surface area contributed by atoms with Crippen molar-refractivity contribution < 1.29 is 5.11 Å². The summed E-state index contributed by atoms with van der Waals surface area (Å²) in [6, 6.07) is 0. The summed E-state index contributed by atoms with van der Waals surface area (Å²) in [4.78, 5) is 0. The van der Waals surface area contributed by atoms with Crippen molar-refractivity contribution in [3.8, 4) is 0 Å². The number of hydrogen-bond acceptors (Lipinski definition) is 1. The molecule has 0 amide bonds. The van der Waals surface area contributed by atoms with Crippen molar-refractivity contribution >= 4 is 0 Å². The highest BCUT2D eigenvalue weighted by molar-refractivity contribution is 4.72. The number of aliphatic hydroxyl groups is 1. The van der Waals surface area contributed by atoms with Gasteiger partial charge in [-0.1, -0.05) is 206 Å². The van der Waals surface area contributed by atoms with E-state index in [2.05, 4.69) is 20.8 Å². The van der Waals surface area contributed by atoms with Crippen LogP contribution < -0.4 is 0 Å². The molecule has 1 unspecified atom stereocenters. The molecule has 1 N–H and O–H groups in total. The number of rotatable bonds is 32. The largest absolute Gasteiger partial charge is 0.390 e. The van der Waals surface area contributed by atoms with Crippen LogP contribution in [0.3, 0.4) is 0 Å². The van der Waals surface area contributed by atoms with E-state index in [9.17, 15) is 5.11 Å². The van der Waals surface area contributed by atoms with Gasteiger partial charge < -0.3 is 5.11 Å². The van der Waals surface area contributed by atoms with E-state index >= 15 is 0 Å². The van der Waals surface area contributed by atoms with E-state index < -0.39 is 5.60 Å². The van der Waals surface area contributed by atoms with Crippen LogP contribution in [0, 0.1) is 0 Å². The van der Waals surface area contributed by atoms with Gasteiger partial charge >= 0.3 is 0 Å². The minimum Gasteiger partial charge on any atom is -0.390 e. The Morgan fingerprint density at radius 3 is 0.649 bits per heavy atom. The fourth-order valence-corrected chi connectivity index (χ4v) is 5.88. The van der Waals surface area contributed by atoms with Crippen LogP contribution in [0.1, 0.15) is 226 Å². The molecular formula is C36H74O. The summed E-state index contributed by atoms with van der Waals surface area (Å²) in [5.74, 6) is 0. The molecule has 0 radical (unpaired) electrons. The van der Waals surface area contributed by atoms with E-state index in [0.29, 0.717) is 0 Å². The second kappa shape index (κ2) is 30.5. The predicted molar refractivity (Wildman–Crippen MR) is 170 cm³/mol. The van der Waals surface area contributed by atoms with Gasteiger partial charge in [0.05, 0.1) is 5.60 Å². The molecule has 0 heterocycles. The fourth-order valence-electron chi connectivity index (χ4n) is 5.88. The van der Waals surface area contributed by atoms with Gasteiger partial charge in [-0.25, -0.2) is 0 Å². The Labute approximate surface area is 236 Å². The normalized spacial score (nSPS) is 13.3. The molecule has 0 saturated carbocycles. The van der Waals surface area contributed by atoms with Gasteiger partial charge in [0.1, 0.15) is 0 Å². The molecule has 0 aliphatic rings. The van der Waals surface area contributed by atoms with Gasteiger partial charge in [0.15, 0.2) is 0 Å². The van der Waals surface area contributed by atoms with Gasteiger partial charge in [0, 0.05) is 0 Å². The third-order valence-corrected chi connectivity index (χ3v) is 8.64. The van der Waals surface area contributed by atoms with Crippen LogP contribution in [0.5, 0.6) is 0 Å². The quantitative estimate of drug-likeness (QED) is 0.0871. The van der Waals surface area contributed by atoms with Crippen molar-refractivity contribution in [1.29, 1.82) is 0 Å². The van der Waals surface area contributed by atoms with Gasteiger partial charge in [-0.15, -0.1) is 0 Å². The average Bonchev–Trinajstić information content (AvgIpc) is 2.88. The third kappa shape index (κ3) is 32.1. The maximum Gasteiger partial charge on any atom is 0.0619 e. The van der Waals surface area contributed by atoms with E-state index in [-0.39, 0.29) is 0 Å².